The van der Waals surface area contributed by atoms with Crippen LogP contribution in [0.1, 0.15) is 24.8 Å². The summed E-state index contributed by atoms with van der Waals surface area (Å²) >= 11 is 0. The highest BCUT2D eigenvalue weighted by atomic mass is 16.5. The van der Waals surface area contributed by atoms with E-state index in [2.05, 4.69) is 24.4 Å². The Kier molecular flexibility index (Phi) is 6.02. The number of morpholine rings is 1. The van der Waals surface area contributed by atoms with E-state index in [9.17, 15) is 4.79 Å². The Balaban J connectivity index is 1.85. The number of carbonyl (C=O) groups is 1. The van der Waals surface area contributed by atoms with Crippen molar-refractivity contribution in [1.29, 1.82) is 0 Å². The van der Waals surface area contributed by atoms with Gasteiger partial charge in [-0.1, -0.05) is 37.3 Å². The smallest absolute Gasteiger partial charge is 0.317 e. The molecule has 0 bridgehead atoms. The Morgan fingerprint density at radius 2 is 2.24 bits per heavy atom. The predicted molar refractivity (Wildman–Crippen MR) is 81.3 cm³/mol. The normalized spacial score (nSPS) is 20.1. The largest absolute Gasteiger partial charge is 0.394 e. The third kappa shape index (κ3) is 4.44. The fourth-order valence-corrected chi connectivity index (χ4v) is 2.56. The zero-order valence-corrected chi connectivity index (χ0v) is 12.5. The van der Waals surface area contributed by atoms with Crippen LogP contribution >= 0.6 is 0 Å². The third-order valence-corrected chi connectivity index (χ3v) is 3.89. The van der Waals surface area contributed by atoms with Crippen LogP contribution in [-0.2, 0) is 4.74 Å². The first-order valence-electron chi connectivity index (χ1n) is 7.54. The number of rotatable bonds is 5. The van der Waals surface area contributed by atoms with Crippen molar-refractivity contribution in [1.82, 2.24) is 10.2 Å². The third-order valence-electron chi connectivity index (χ3n) is 3.89. The van der Waals surface area contributed by atoms with Gasteiger partial charge in [0.25, 0.3) is 0 Å². The van der Waals surface area contributed by atoms with Gasteiger partial charge in [0.05, 0.1) is 25.9 Å². The summed E-state index contributed by atoms with van der Waals surface area (Å²) in [5.41, 5.74) is 1.25. The summed E-state index contributed by atoms with van der Waals surface area (Å²) in [6.45, 7) is 4.20. The van der Waals surface area contributed by atoms with Crippen molar-refractivity contribution >= 4 is 6.03 Å². The van der Waals surface area contributed by atoms with Crippen molar-refractivity contribution in [2.24, 2.45) is 0 Å². The molecular formula is C16H24N2O3. The van der Waals surface area contributed by atoms with Gasteiger partial charge in [-0.2, -0.15) is 0 Å². The van der Waals surface area contributed by atoms with Crippen LogP contribution in [0.5, 0.6) is 0 Å². The zero-order chi connectivity index (χ0) is 15.1. The first kappa shape index (κ1) is 15.8. The van der Waals surface area contributed by atoms with E-state index in [1.165, 1.54) is 5.56 Å². The lowest BCUT2D eigenvalue weighted by Gasteiger charge is -2.32. The summed E-state index contributed by atoms with van der Waals surface area (Å²) in [6, 6.07) is 10.2. The fraction of sp³-hybridized carbons (Fsp3) is 0.562. The number of ether oxygens (including phenoxy) is 1. The molecule has 0 spiro atoms. The van der Waals surface area contributed by atoms with E-state index in [0.29, 0.717) is 32.2 Å². The van der Waals surface area contributed by atoms with E-state index in [4.69, 9.17) is 9.84 Å². The van der Waals surface area contributed by atoms with Gasteiger partial charge in [0, 0.05) is 19.0 Å². The highest BCUT2D eigenvalue weighted by Gasteiger charge is 2.24. The number of nitrogens with zero attached hydrogens (tertiary/aromatic N) is 1. The number of amides is 2. The van der Waals surface area contributed by atoms with Crippen LogP contribution < -0.4 is 5.32 Å². The van der Waals surface area contributed by atoms with E-state index in [1.54, 1.807) is 4.90 Å². The lowest BCUT2D eigenvalue weighted by Crippen LogP contribution is -2.51. The lowest BCUT2D eigenvalue weighted by molar-refractivity contribution is -0.0402. The van der Waals surface area contributed by atoms with Crippen molar-refractivity contribution in [3.05, 3.63) is 35.9 Å². The van der Waals surface area contributed by atoms with Crippen molar-refractivity contribution in [3.63, 3.8) is 0 Å². The van der Waals surface area contributed by atoms with E-state index >= 15 is 0 Å². The summed E-state index contributed by atoms with van der Waals surface area (Å²) < 4.78 is 5.35. The molecule has 116 valence electrons. The maximum atomic E-state index is 12.2. The molecule has 1 heterocycles. The van der Waals surface area contributed by atoms with Crippen LogP contribution in [0.4, 0.5) is 4.79 Å². The number of hydrogen-bond acceptors (Lipinski definition) is 3. The van der Waals surface area contributed by atoms with Crippen molar-refractivity contribution in [2.75, 3.05) is 32.8 Å². The average Bonchev–Trinajstić information content (AvgIpc) is 2.56. The first-order chi connectivity index (χ1) is 10.2. The van der Waals surface area contributed by atoms with Crippen molar-refractivity contribution < 1.29 is 14.6 Å². The molecule has 0 saturated carbocycles. The molecule has 1 aliphatic heterocycles. The topological polar surface area (TPSA) is 61.8 Å². The van der Waals surface area contributed by atoms with Crippen molar-refractivity contribution in [3.8, 4) is 0 Å². The molecule has 1 aliphatic rings. The quantitative estimate of drug-likeness (QED) is 0.866. The minimum atomic E-state index is -0.263. The molecule has 2 rings (SSSR count). The Hall–Kier alpha value is -1.59. The highest BCUT2D eigenvalue weighted by Crippen LogP contribution is 2.18. The number of nitrogens with one attached hydrogen (secondary N) is 1. The molecule has 1 aromatic rings. The maximum Gasteiger partial charge on any atom is 0.317 e. The van der Waals surface area contributed by atoms with Gasteiger partial charge in [0.1, 0.15) is 0 Å². The van der Waals surface area contributed by atoms with Crippen molar-refractivity contribution in [2.45, 2.75) is 25.4 Å². The molecule has 2 N–H and O–H groups in total. The zero-order valence-electron chi connectivity index (χ0n) is 12.5. The van der Waals surface area contributed by atoms with Gasteiger partial charge in [-0.15, -0.1) is 0 Å². The van der Waals surface area contributed by atoms with E-state index in [1.807, 2.05) is 18.2 Å². The average molecular weight is 292 g/mol. The van der Waals surface area contributed by atoms with Crippen LogP contribution in [-0.4, -0.2) is 55.0 Å². The fourth-order valence-electron chi connectivity index (χ4n) is 2.56. The monoisotopic (exact) mass is 292 g/mol. The molecule has 0 aromatic heterocycles. The standard InChI is InChI=1S/C16H24N2O3/c1-2-13(14-6-4-3-5-7-14)10-17-16(20)18-8-9-21-15(11-18)12-19/h3-7,13,15,19H,2,8-12H2,1H3,(H,17,20)/t13-,15+/m1/s1. The Morgan fingerprint density at radius 3 is 2.90 bits per heavy atom. The summed E-state index contributed by atoms with van der Waals surface area (Å²) in [5, 5.41) is 12.1. The molecule has 2 amide bonds. The molecule has 2 atom stereocenters. The second kappa shape index (κ2) is 8.00. The van der Waals surface area contributed by atoms with Gasteiger partial charge in [-0.3, -0.25) is 0 Å². The Labute approximate surface area is 125 Å². The van der Waals surface area contributed by atoms with Crippen LogP contribution in [0.25, 0.3) is 0 Å². The minimum Gasteiger partial charge on any atom is -0.394 e. The van der Waals surface area contributed by atoms with Crippen LogP contribution in [0.3, 0.4) is 0 Å². The summed E-state index contributed by atoms with van der Waals surface area (Å²) in [7, 11) is 0. The summed E-state index contributed by atoms with van der Waals surface area (Å²) in [4.78, 5) is 13.9. The van der Waals surface area contributed by atoms with Gasteiger partial charge < -0.3 is 20.1 Å². The molecule has 5 nitrogen and oxygen atoms in total. The number of urea groups is 1. The molecular weight excluding hydrogens is 268 g/mol. The molecule has 21 heavy (non-hydrogen) atoms. The van der Waals surface area contributed by atoms with E-state index in [0.717, 1.165) is 6.42 Å². The minimum absolute atomic E-state index is 0.0502. The second-order valence-electron chi connectivity index (χ2n) is 5.32. The lowest BCUT2D eigenvalue weighted by atomic mass is 9.97. The first-order valence-corrected chi connectivity index (χ1v) is 7.54. The molecule has 1 fully saturated rings. The molecule has 1 aromatic carbocycles. The van der Waals surface area contributed by atoms with Gasteiger partial charge in [-0.25, -0.2) is 4.79 Å². The SMILES string of the molecule is CC[C@H](CNC(=O)N1CCO[C@H](CO)C1)c1ccccc1. The summed E-state index contributed by atoms with van der Waals surface area (Å²) in [6.07, 6.45) is 0.716. The molecule has 5 heteroatoms. The van der Waals surface area contributed by atoms with Crippen LogP contribution in [0.15, 0.2) is 30.3 Å². The van der Waals surface area contributed by atoms with Gasteiger partial charge in [0.15, 0.2) is 0 Å². The molecule has 0 aliphatic carbocycles. The maximum absolute atomic E-state index is 12.2. The van der Waals surface area contributed by atoms with E-state index < -0.39 is 0 Å². The van der Waals surface area contributed by atoms with Crippen LogP contribution in [0.2, 0.25) is 0 Å². The predicted octanol–water partition coefficient (Wildman–Crippen LogP) is 1.58. The van der Waals surface area contributed by atoms with E-state index in [-0.39, 0.29) is 18.7 Å². The second-order valence-corrected chi connectivity index (χ2v) is 5.32. The van der Waals surface area contributed by atoms with Crippen LogP contribution in [0, 0.1) is 0 Å². The van der Waals surface area contributed by atoms with Gasteiger partial charge in [-0.05, 0) is 12.0 Å². The number of carbonyl (C=O) groups excluding carboxylic acids is 1. The Morgan fingerprint density at radius 1 is 1.48 bits per heavy atom. The Bertz CT molecular complexity index is 438. The molecule has 0 radical (unpaired) electrons. The van der Waals surface area contributed by atoms with Gasteiger partial charge >= 0.3 is 6.03 Å². The number of benzene rings is 1. The highest BCUT2D eigenvalue weighted by molar-refractivity contribution is 5.74. The number of aliphatic hydroxyl groups is 1. The molecule has 0 unspecified atom stereocenters. The number of hydrogen-bond donors (Lipinski definition) is 2. The van der Waals surface area contributed by atoms with Gasteiger partial charge in [0.2, 0.25) is 0 Å². The number of aliphatic hydroxyl groups excluding tert-OH is 1. The molecule has 1 saturated heterocycles. The summed E-state index contributed by atoms with van der Waals surface area (Å²) in [5.74, 6) is 0.324.